The van der Waals surface area contributed by atoms with Crippen LogP contribution in [-0.2, 0) is 0 Å². The van der Waals surface area contributed by atoms with E-state index in [1.165, 1.54) is 4.90 Å². The Kier molecular flexibility index (Phi) is 3.73. The number of benzene rings is 1. The zero-order valence-corrected chi connectivity index (χ0v) is 13.2. The van der Waals surface area contributed by atoms with E-state index in [1.54, 1.807) is 0 Å². The summed E-state index contributed by atoms with van der Waals surface area (Å²) in [5.74, 6) is -1.06. The Hall–Kier alpha value is -2.19. The summed E-state index contributed by atoms with van der Waals surface area (Å²) in [6.45, 7) is 1.54. The average Bonchev–Trinajstić information content (AvgIpc) is 2.75. The van der Waals surface area contributed by atoms with E-state index in [0.29, 0.717) is 12.8 Å². The average molecular weight is 339 g/mol. The van der Waals surface area contributed by atoms with Crippen molar-refractivity contribution in [2.45, 2.75) is 18.9 Å². The maximum atomic E-state index is 12.6. The Balaban J connectivity index is 2.03. The first-order valence-electron chi connectivity index (χ1n) is 7.15. The molecule has 122 valence electrons. The first kappa shape index (κ1) is 15.7. The van der Waals surface area contributed by atoms with E-state index in [9.17, 15) is 19.7 Å². The number of carbonyl (C=O) groups excluding carboxylic acids is 2. The summed E-state index contributed by atoms with van der Waals surface area (Å²) in [5.41, 5.74) is 4.82. The van der Waals surface area contributed by atoms with Gasteiger partial charge in [-0.2, -0.15) is 0 Å². The standard InChI is InChI=1S/C14H15ClN4O4/c1-17-4-2-7(3-5-17)18-13(20)8-6-9(19(22)23)12(16)11(15)10(8)14(18)21/h6-7H,2-5,16H2,1H3. The van der Waals surface area contributed by atoms with Crippen LogP contribution in [0.3, 0.4) is 0 Å². The summed E-state index contributed by atoms with van der Waals surface area (Å²) < 4.78 is 0. The van der Waals surface area contributed by atoms with Crippen LogP contribution in [-0.4, -0.2) is 52.7 Å². The molecular weight excluding hydrogens is 324 g/mol. The second-order valence-corrected chi connectivity index (χ2v) is 6.20. The number of carbonyl (C=O) groups is 2. The normalized spacial score (nSPS) is 19.3. The van der Waals surface area contributed by atoms with Gasteiger partial charge in [-0.25, -0.2) is 0 Å². The third kappa shape index (κ3) is 2.34. The van der Waals surface area contributed by atoms with E-state index in [0.717, 1.165) is 19.2 Å². The summed E-state index contributed by atoms with van der Waals surface area (Å²) in [6, 6.07) is 0.820. The van der Waals surface area contributed by atoms with E-state index in [-0.39, 0.29) is 27.9 Å². The fourth-order valence-corrected chi connectivity index (χ4v) is 3.39. The van der Waals surface area contributed by atoms with Crippen LogP contribution in [0.1, 0.15) is 33.6 Å². The summed E-state index contributed by atoms with van der Waals surface area (Å²) in [5, 5.41) is 10.8. The first-order chi connectivity index (χ1) is 10.8. The molecule has 8 nitrogen and oxygen atoms in total. The quantitative estimate of drug-likeness (QED) is 0.379. The highest BCUT2D eigenvalue weighted by atomic mass is 35.5. The molecule has 0 aromatic heterocycles. The number of nitro groups is 1. The lowest BCUT2D eigenvalue weighted by molar-refractivity contribution is -0.383. The van der Waals surface area contributed by atoms with Crippen molar-refractivity contribution in [3.63, 3.8) is 0 Å². The molecule has 1 aromatic carbocycles. The minimum Gasteiger partial charge on any atom is -0.392 e. The van der Waals surface area contributed by atoms with Crippen LogP contribution >= 0.6 is 11.6 Å². The number of imide groups is 1. The van der Waals surface area contributed by atoms with Crippen molar-refractivity contribution in [3.8, 4) is 0 Å². The summed E-state index contributed by atoms with van der Waals surface area (Å²) in [4.78, 5) is 38.8. The van der Waals surface area contributed by atoms with Crippen molar-refractivity contribution in [2.24, 2.45) is 0 Å². The van der Waals surface area contributed by atoms with Crippen molar-refractivity contribution in [1.29, 1.82) is 0 Å². The number of piperidine rings is 1. The zero-order chi connectivity index (χ0) is 16.9. The maximum absolute atomic E-state index is 12.6. The lowest BCUT2D eigenvalue weighted by Crippen LogP contribution is -2.46. The topological polar surface area (TPSA) is 110 Å². The van der Waals surface area contributed by atoms with E-state index in [4.69, 9.17) is 17.3 Å². The number of nitro benzene ring substituents is 1. The number of nitrogen functional groups attached to an aromatic ring is 1. The van der Waals surface area contributed by atoms with Crippen molar-refractivity contribution < 1.29 is 14.5 Å². The fraction of sp³-hybridized carbons (Fsp3) is 0.429. The Morgan fingerprint density at radius 3 is 2.48 bits per heavy atom. The molecule has 3 rings (SSSR count). The number of nitrogens with zero attached hydrogens (tertiary/aromatic N) is 3. The summed E-state index contributed by atoms with van der Waals surface area (Å²) in [6.07, 6.45) is 1.33. The minimum atomic E-state index is -0.711. The smallest absolute Gasteiger partial charge is 0.294 e. The van der Waals surface area contributed by atoms with Gasteiger partial charge in [-0.15, -0.1) is 0 Å². The first-order valence-corrected chi connectivity index (χ1v) is 7.53. The molecule has 2 amide bonds. The molecule has 2 heterocycles. The van der Waals surface area contributed by atoms with E-state index >= 15 is 0 Å². The molecule has 0 aliphatic carbocycles. The van der Waals surface area contributed by atoms with Crippen LogP contribution in [0.5, 0.6) is 0 Å². The van der Waals surface area contributed by atoms with Crippen molar-refractivity contribution in [1.82, 2.24) is 9.80 Å². The molecule has 0 atom stereocenters. The van der Waals surface area contributed by atoms with Gasteiger partial charge in [-0.05, 0) is 33.0 Å². The SMILES string of the molecule is CN1CCC(N2C(=O)c3cc([N+](=O)[O-])c(N)c(Cl)c3C2=O)CC1. The number of likely N-dealkylation sites (tertiary alicyclic amines) is 1. The number of anilines is 1. The van der Waals surface area contributed by atoms with Crippen LogP contribution in [0, 0.1) is 10.1 Å². The fourth-order valence-electron chi connectivity index (χ4n) is 3.11. The number of fused-ring (bicyclic) bond motifs is 1. The molecule has 1 fully saturated rings. The van der Waals surface area contributed by atoms with Crippen LogP contribution in [0.2, 0.25) is 5.02 Å². The highest BCUT2D eigenvalue weighted by molar-refractivity contribution is 6.40. The summed E-state index contributed by atoms with van der Waals surface area (Å²) in [7, 11) is 1.97. The number of halogens is 1. The monoisotopic (exact) mass is 338 g/mol. The minimum absolute atomic E-state index is 0.0290. The van der Waals surface area contributed by atoms with Gasteiger partial charge in [0.15, 0.2) is 0 Å². The second kappa shape index (κ2) is 5.47. The van der Waals surface area contributed by atoms with Gasteiger partial charge in [-0.1, -0.05) is 11.6 Å². The molecule has 2 N–H and O–H groups in total. The zero-order valence-electron chi connectivity index (χ0n) is 12.4. The highest BCUT2D eigenvalue weighted by Crippen LogP contribution is 2.40. The highest BCUT2D eigenvalue weighted by Gasteiger charge is 2.44. The van der Waals surface area contributed by atoms with E-state index < -0.39 is 22.4 Å². The lowest BCUT2D eigenvalue weighted by atomic mass is 10.0. The predicted molar refractivity (Wildman–Crippen MR) is 83.5 cm³/mol. The third-order valence-corrected chi connectivity index (χ3v) is 4.81. The number of rotatable bonds is 2. The van der Waals surface area contributed by atoms with Gasteiger partial charge < -0.3 is 10.6 Å². The number of hydrogen-bond donors (Lipinski definition) is 1. The maximum Gasteiger partial charge on any atom is 0.294 e. The Bertz CT molecular complexity index is 728. The molecule has 1 saturated heterocycles. The molecular formula is C14H15ClN4O4. The molecule has 2 aliphatic rings. The van der Waals surface area contributed by atoms with Crippen molar-refractivity contribution in [2.75, 3.05) is 25.9 Å². The predicted octanol–water partition coefficient (Wildman–Crippen LogP) is 1.52. The molecule has 9 heteroatoms. The number of nitrogens with two attached hydrogens (primary N) is 1. The molecule has 23 heavy (non-hydrogen) atoms. The Labute approximate surface area is 136 Å². The molecule has 0 saturated carbocycles. The van der Waals surface area contributed by atoms with Gasteiger partial charge in [0.2, 0.25) is 0 Å². The molecule has 0 spiro atoms. The van der Waals surface area contributed by atoms with Crippen LogP contribution < -0.4 is 5.73 Å². The molecule has 1 aromatic rings. The lowest BCUT2D eigenvalue weighted by Gasteiger charge is -2.33. The van der Waals surface area contributed by atoms with E-state index in [2.05, 4.69) is 4.90 Å². The molecule has 0 radical (unpaired) electrons. The van der Waals surface area contributed by atoms with Crippen LogP contribution in [0.15, 0.2) is 6.07 Å². The second-order valence-electron chi connectivity index (χ2n) is 5.82. The van der Waals surface area contributed by atoms with E-state index in [1.807, 2.05) is 7.05 Å². The largest absolute Gasteiger partial charge is 0.392 e. The van der Waals surface area contributed by atoms with Gasteiger partial charge in [0.1, 0.15) is 5.69 Å². The molecule has 2 aliphatic heterocycles. The van der Waals surface area contributed by atoms with Crippen molar-refractivity contribution in [3.05, 3.63) is 32.3 Å². The van der Waals surface area contributed by atoms with Crippen molar-refractivity contribution >= 4 is 34.8 Å². The van der Waals surface area contributed by atoms with Gasteiger partial charge >= 0.3 is 0 Å². The molecule has 0 bridgehead atoms. The van der Waals surface area contributed by atoms with Gasteiger partial charge in [0.05, 0.1) is 21.1 Å². The van der Waals surface area contributed by atoms with Crippen LogP contribution in [0.4, 0.5) is 11.4 Å². The van der Waals surface area contributed by atoms with Gasteiger partial charge in [-0.3, -0.25) is 24.6 Å². The van der Waals surface area contributed by atoms with Gasteiger partial charge in [0.25, 0.3) is 17.5 Å². The Morgan fingerprint density at radius 2 is 1.91 bits per heavy atom. The van der Waals surface area contributed by atoms with Crippen LogP contribution in [0.25, 0.3) is 0 Å². The summed E-state index contributed by atoms with van der Waals surface area (Å²) >= 11 is 6.04. The number of hydrogen-bond acceptors (Lipinski definition) is 6. The third-order valence-electron chi connectivity index (χ3n) is 4.41. The number of amides is 2. The van der Waals surface area contributed by atoms with Gasteiger partial charge in [0, 0.05) is 12.1 Å². The molecule has 0 unspecified atom stereocenters. The Morgan fingerprint density at radius 1 is 1.30 bits per heavy atom.